The maximum Gasteiger partial charge on any atom is 0.251 e. The molecule has 0 aliphatic rings. The third kappa shape index (κ3) is 7.65. The van der Waals surface area contributed by atoms with E-state index in [1.54, 1.807) is 24.3 Å². The summed E-state index contributed by atoms with van der Waals surface area (Å²) < 4.78 is 10.7. The van der Waals surface area contributed by atoms with Crippen molar-refractivity contribution in [3.63, 3.8) is 0 Å². The number of carbonyl (C=O) groups is 2. The van der Waals surface area contributed by atoms with Gasteiger partial charge in [-0.3, -0.25) is 9.59 Å². The van der Waals surface area contributed by atoms with E-state index in [-0.39, 0.29) is 23.3 Å². The lowest BCUT2D eigenvalue weighted by molar-refractivity contribution is 0.0486. The quantitative estimate of drug-likeness (QED) is 0.431. The second-order valence-electron chi connectivity index (χ2n) is 5.83. The van der Waals surface area contributed by atoms with Crippen LogP contribution >= 0.6 is 0 Å². The fourth-order valence-corrected chi connectivity index (χ4v) is 2.23. The van der Waals surface area contributed by atoms with E-state index in [1.165, 1.54) is 24.3 Å². The summed E-state index contributed by atoms with van der Waals surface area (Å²) in [5.74, 6) is -0.243. The number of ether oxygens (including phenoxy) is 2. The van der Waals surface area contributed by atoms with Gasteiger partial charge < -0.3 is 30.3 Å². The average molecular weight is 388 g/mol. The van der Waals surface area contributed by atoms with Gasteiger partial charge in [-0.2, -0.15) is 0 Å². The first kappa shape index (κ1) is 21.2. The van der Waals surface area contributed by atoms with Crippen LogP contribution in [0.4, 0.5) is 0 Å². The maximum absolute atomic E-state index is 11.8. The number of nitrogens with one attached hydrogen (secondary N) is 2. The number of phenols is 2. The van der Waals surface area contributed by atoms with Gasteiger partial charge in [-0.15, -0.1) is 0 Å². The predicted octanol–water partition coefficient (Wildman–Crippen LogP) is 1.29. The van der Waals surface area contributed by atoms with E-state index in [9.17, 15) is 19.8 Å². The molecule has 2 amide bonds. The van der Waals surface area contributed by atoms with Crippen molar-refractivity contribution in [2.75, 3.05) is 39.5 Å². The van der Waals surface area contributed by atoms with Crippen LogP contribution in [0.2, 0.25) is 0 Å². The molecule has 8 nitrogen and oxygen atoms in total. The SMILES string of the molecule is O=C(NCCOCCOCCNC(=O)c1ccc(O)cc1)c1ccc(O)cc1. The number of hydrogen-bond acceptors (Lipinski definition) is 6. The number of rotatable bonds is 11. The number of phenolic OH excluding ortho intramolecular Hbond substituents is 2. The molecule has 0 saturated heterocycles. The van der Waals surface area contributed by atoms with E-state index in [4.69, 9.17) is 9.47 Å². The second-order valence-corrected chi connectivity index (χ2v) is 5.83. The van der Waals surface area contributed by atoms with Gasteiger partial charge in [0.2, 0.25) is 0 Å². The lowest BCUT2D eigenvalue weighted by Gasteiger charge is -2.08. The molecule has 2 rings (SSSR count). The molecule has 0 unspecified atom stereocenters. The molecule has 4 N–H and O–H groups in total. The van der Waals surface area contributed by atoms with E-state index >= 15 is 0 Å². The summed E-state index contributed by atoms with van der Waals surface area (Å²) in [6.07, 6.45) is 0. The van der Waals surface area contributed by atoms with Crippen molar-refractivity contribution in [3.05, 3.63) is 59.7 Å². The normalized spacial score (nSPS) is 10.4. The fourth-order valence-electron chi connectivity index (χ4n) is 2.23. The van der Waals surface area contributed by atoms with Crippen LogP contribution in [0.25, 0.3) is 0 Å². The van der Waals surface area contributed by atoms with Gasteiger partial charge in [0, 0.05) is 24.2 Å². The second kappa shape index (κ2) is 11.6. The first-order chi connectivity index (χ1) is 13.6. The molecule has 8 heteroatoms. The molecule has 0 saturated carbocycles. The van der Waals surface area contributed by atoms with Crippen molar-refractivity contribution < 1.29 is 29.3 Å². The average Bonchev–Trinajstić information content (AvgIpc) is 2.70. The van der Waals surface area contributed by atoms with Crippen molar-refractivity contribution in [3.8, 4) is 11.5 Å². The fraction of sp³-hybridized carbons (Fsp3) is 0.300. The molecule has 0 spiro atoms. The molecule has 0 aromatic heterocycles. The Morgan fingerprint density at radius 2 is 1.00 bits per heavy atom. The van der Waals surface area contributed by atoms with Gasteiger partial charge in [0.25, 0.3) is 11.8 Å². The Morgan fingerprint density at radius 1 is 0.643 bits per heavy atom. The lowest BCUT2D eigenvalue weighted by Crippen LogP contribution is -2.28. The lowest BCUT2D eigenvalue weighted by atomic mass is 10.2. The third-order valence-corrected chi connectivity index (χ3v) is 3.69. The van der Waals surface area contributed by atoms with Gasteiger partial charge in [0.15, 0.2) is 0 Å². The summed E-state index contributed by atoms with van der Waals surface area (Å²) >= 11 is 0. The van der Waals surface area contributed by atoms with Gasteiger partial charge in [-0.05, 0) is 48.5 Å². The Bertz CT molecular complexity index is 681. The highest BCUT2D eigenvalue weighted by Crippen LogP contribution is 2.09. The first-order valence-electron chi connectivity index (χ1n) is 8.86. The van der Waals surface area contributed by atoms with Crippen LogP contribution in [0.15, 0.2) is 48.5 Å². The van der Waals surface area contributed by atoms with Crippen LogP contribution in [0.5, 0.6) is 11.5 Å². The standard InChI is InChI=1S/C20H24N2O6/c23-17-5-1-15(2-6-17)19(25)21-9-11-27-13-14-28-12-10-22-20(26)16-3-7-18(24)8-4-16/h1-8,23-24H,9-14H2,(H,21,25)(H,22,26). The molecule has 2 aromatic carbocycles. The summed E-state index contributed by atoms with van der Waals surface area (Å²) in [5, 5.41) is 23.8. The minimum absolute atomic E-state index is 0.111. The van der Waals surface area contributed by atoms with Crippen LogP contribution < -0.4 is 10.6 Å². The highest BCUT2D eigenvalue weighted by Gasteiger charge is 2.05. The van der Waals surface area contributed by atoms with E-state index < -0.39 is 0 Å². The maximum atomic E-state index is 11.8. The smallest absolute Gasteiger partial charge is 0.251 e. The van der Waals surface area contributed by atoms with Crippen molar-refractivity contribution >= 4 is 11.8 Å². The summed E-state index contributed by atoms with van der Waals surface area (Å²) in [4.78, 5) is 23.6. The largest absolute Gasteiger partial charge is 0.508 e. The Kier molecular flexibility index (Phi) is 8.77. The van der Waals surface area contributed by atoms with Gasteiger partial charge in [-0.1, -0.05) is 0 Å². The first-order valence-corrected chi connectivity index (χ1v) is 8.86. The van der Waals surface area contributed by atoms with E-state index in [0.717, 1.165) is 0 Å². The van der Waals surface area contributed by atoms with E-state index in [0.29, 0.717) is 50.6 Å². The Balaban J connectivity index is 1.44. The summed E-state index contributed by atoms with van der Waals surface area (Å²) in [6, 6.07) is 12.0. The van der Waals surface area contributed by atoms with Crippen LogP contribution in [0.1, 0.15) is 20.7 Å². The number of benzene rings is 2. The number of carbonyl (C=O) groups excluding carboxylic acids is 2. The molecular weight excluding hydrogens is 364 g/mol. The molecule has 0 atom stereocenters. The van der Waals surface area contributed by atoms with Gasteiger partial charge >= 0.3 is 0 Å². The van der Waals surface area contributed by atoms with Crippen LogP contribution in [0, 0.1) is 0 Å². The molecule has 0 radical (unpaired) electrons. The van der Waals surface area contributed by atoms with Gasteiger partial charge in [0.1, 0.15) is 11.5 Å². The summed E-state index contributed by atoms with van der Waals surface area (Å²) in [7, 11) is 0. The summed E-state index contributed by atoms with van der Waals surface area (Å²) in [6.45, 7) is 2.18. The van der Waals surface area contributed by atoms with Crippen molar-refractivity contribution in [2.24, 2.45) is 0 Å². The summed E-state index contributed by atoms with van der Waals surface area (Å²) in [5.41, 5.74) is 0.936. The minimum atomic E-state index is -0.232. The molecule has 0 aliphatic heterocycles. The van der Waals surface area contributed by atoms with Crippen LogP contribution in [-0.4, -0.2) is 61.5 Å². The van der Waals surface area contributed by atoms with Crippen LogP contribution in [-0.2, 0) is 9.47 Å². The Labute approximate surface area is 163 Å². The zero-order chi connectivity index (χ0) is 20.2. The molecule has 0 aliphatic carbocycles. The molecule has 0 heterocycles. The van der Waals surface area contributed by atoms with E-state index in [2.05, 4.69) is 10.6 Å². The number of amides is 2. The van der Waals surface area contributed by atoms with Gasteiger partial charge in [0.05, 0.1) is 26.4 Å². The zero-order valence-corrected chi connectivity index (χ0v) is 15.4. The predicted molar refractivity (Wildman–Crippen MR) is 103 cm³/mol. The molecule has 0 bridgehead atoms. The Hall–Kier alpha value is -3.10. The topological polar surface area (TPSA) is 117 Å². The Morgan fingerprint density at radius 3 is 1.36 bits per heavy atom. The van der Waals surface area contributed by atoms with Gasteiger partial charge in [-0.25, -0.2) is 0 Å². The van der Waals surface area contributed by atoms with Crippen LogP contribution in [0.3, 0.4) is 0 Å². The monoisotopic (exact) mass is 388 g/mol. The van der Waals surface area contributed by atoms with E-state index in [1.807, 2.05) is 0 Å². The number of aromatic hydroxyl groups is 2. The highest BCUT2D eigenvalue weighted by atomic mass is 16.5. The molecule has 2 aromatic rings. The molecule has 28 heavy (non-hydrogen) atoms. The third-order valence-electron chi connectivity index (χ3n) is 3.69. The van der Waals surface area contributed by atoms with Crippen molar-refractivity contribution in [2.45, 2.75) is 0 Å². The zero-order valence-electron chi connectivity index (χ0n) is 15.4. The highest BCUT2D eigenvalue weighted by molar-refractivity contribution is 5.94. The molecule has 0 fully saturated rings. The number of hydrogen-bond donors (Lipinski definition) is 4. The van der Waals surface area contributed by atoms with Crippen molar-refractivity contribution in [1.29, 1.82) is 0 Å². The molecular formula is C20H24N2O6. The molecule has 150 valence electrons. The minimum Gasteiger partial charge on any atom is -0.508 e. The van der Waals surface area contributed by atoms with Crippen molar-refractivity contribution in [1.82, 2.24) is 10.6 Å².